The number of thiophene rings is 1. The number of carbonyl (C=O) groups excluding carboxylic acids is 1. The highest BCUT2D eigenvalue weighted by Crippen LogP contribution is 2.21. The van der Waals surface area contributed by atoms with Gasteiger partial charge in [-0.3, -0.25) is 9.20 Å². The summed E-state index contributed by atoms with van der Waals surface area (Å²) >= 11 is 8.75. The predicted octanol–water partition coefficient (Wildman–Crippen LogP) is 3.46. The van der Waals surface area contributed by atoms with Crippen LogP contribution < -0.4 is 5.32 Å². The van der Waals surface area contributed by atoms with E-state index in [9.17, 15) is 4.79 Å². The van der Waals surface area contributed by atoms with Crippen LogP contribution in [0.15, 0.2) is 47.9 Å². The van der Waals surface area contributed by atoms with E-state index >= 15 is 0 Å². The van der Waals surface area contributed by atoms with Crippen LogP contribution in [0.3, 0.4) is 0 Å². The summed E-state index contributed by atoms with van der Waals surface area (Å²) in [4.78, 5) is 17.2. The van der Waals surface area contributed by atoms with E-state index in [0.717, 1.165) is 19.9 Å². The zero-order chi connectivity index (χ0) is 14.7. The summed E-state index contributed by atoms with van der Waals surface area (Å²) < 4.78 is 2.70. The second-order valence-corrected chi connectivity index (χ2v) is 7.05. The standard InChI is InChI=1S/C14H12ClN3OS2/c15-12-5-4-11(21-12)8-16-13(19)9-20-14-17-7-10-3-1-2-6-18(10)14/h1-7H,8-9H2,(H,16,19). The quantitative estimate of drug-likeness (QED) is 0.725. The number of pyridine rings is 1. The van der Waals surface area contributed by atoms with E-state index in [2.05, 4.69) is 10.3 Å². The number of imidazole rings is 1. The molecule has 0 spiro atoms. The maximum absolute atomic E-state index is 11.9. The van der Waals surface area contributed by atoms with Crippen LogP contribution in [-0.4, -0.2) is 21.0 Å². The molecule has 3 heterocycles. The second kappa shape index (κ2) is 6.51. The molecule has 3 rings (SSSR count). The van der Waals surface area contributed by atoms with Crippen molar-refractivity contribution < 1.29 is 4.79 Å². The van der Waals surface area contributed by atoms with Gasteiger partial charge in [0.25, 0.3) is 0 Å². The summed E-state index contributed by atoms with van der Waals surface area (Å²) in [6, 6.07) is 9.64. The zero-order valence-corrected chi connectivity index (χ0v) is 13.3. The van der Waals surface area contributed by atoms with E-state index in [0.29, 0.717) is 12.3 Å². The minimum Gasteiger partial charge on any atom is -0.350 e. The lowest BCUT2D eigenvalue weighted by Crippen LogP contribution is -2.24. The summed E-state index contributed by atoms with van der Waals surface area (Å²) in [6.45, 7) is 0.513. The van der Waals surface area contributed by atoms with Crippen molar-refractivity contribution in [2.24, 2.45) is 0 Å². The van der Waals surface area contributed by atoms with E-state index in [-0.39, 0.29) is 5.91 Å². The highest BCUT2D eigenvalue weighted by molar-refractivity contribution is 7.99. The van der Waals surface area contributed by atoms with Crippen molar-refractivity contribution in [1.29, 1.82) is 0 Å². The average molecular weight is 338 g/mol. The Morgan fingerprint density at radius 3 is 3.10 bits per heavy atom. The Kier molecular flexibility index (Phi) is 4.48. The van der Waals surface area contributed by atoms with E-state index in [1.165, 1.54) is 23.1 Å². The molecule has 0 unspecified atom stereocenters. The number of thioether (sulfide) groups is 1. The number of amides is 1. The third kappa shape index (κ3) is 3.58. The number of aromatic nitrogens is 2. The molecule has 7 heteroatoms. The van der Waals surface area contributed by atoms with Gasteiger partial charge in [-0.15, -0.1) is 11.3 Å². The SMILES string of the molecule is O=C(CSc1ncc2ccccn12)NCc1ccc(Cl)s1. The first-order valence-electron chi connectivity index (χ1n) is 6.28. The molecule has 0 aliphatic carbocycles. The Balaban J connectivity index is 1.54. The number of nitrogens with zero attached hydrogens (tertiary/aromatic N) is 2. The van der Waals surface area contributed by atoms with Gasteiger partial charge >= 0.3 is 0 Å². The largest absolute Gasteiger partial charge is 0.350 e. The van der Waals surface area contributed by atoms with Crippen molar-refractivity contribution in [3.8, 4) is 0 Å². The molecule has 3 aromatic rings. The summed E-state index contributed by atoms with van der Waals surface area (Å²) in [5.41, 5.74) is 1.02. The fourth-order valence-corrected chi connectivity index (χ4v) is 3.66. The topological polar surface area (TPSA) is 46.4 Å². The number of carbonyl (C=O) groups is 1. The van der Waals surface area contributed by atoms with Crippen LogP contribution in [0.2, 0.25) is 4.34 Å². The number of halogens is 1. The van der Waals surface area contributed by atoms with Gasteiger partial charge < -0.3 is 5.32 Å². The Labute approximate surface area is 135 Å². The monoisotopic (exact) mass is 337 g/mol. The van der Waals surface area contributed by atoms with Gasteiger partial charge in [0.15, 0.2) is 5.16 Å². The van der Waals surface area contributed by atoms with E-state index < -0.39 is 0 Å². The van der Waals surface area contributed by atoms with Gasteiger partial charge in [0.05, 0.1) is 28.3 Å². The van der Waals surface area contributed by atoms with Crippen LogP contribution in [0, 0.1) is 0 Å². The van der Waals surface area contributed by atoms with Gasteiger partial charge in [-0.2, -0.15) is 0 Å². The molecular weight excluding hydrogens is 326 g/mol. The molecule has 108 valence electrons. The average Bonchev–Trinajstić information content (AvgIpc) is 3.09. The van der Waals surface area contributed by atoms with Crippen LogP contribution in [-0.2, 0) is 11.3 Å². The van der Waals surface area contributed by atoms with Crippen molar-refractivity contribution in [1.82, 2.24) is 14.7 Å². The summed E-state index contributed by atoms with van der Waals surface area (Å²) in [7, 11) is 0. The van der Waals surface area contributed by atoms with Gasteiger partial charge in [0.1, 0.15) is 0 Å². The molecule has 0 atom stereocenters. The molecule has 1 amide bonds. The van der Waals surface area contributed by atoms with Crippen LogP contribution >= 0.6 is 34.7 Å². The smallest absolute Gasteiger partial charge is 0.230 e. The number of nitrogens with one attached hydrogen (secondary N) is 1. The fraction of sp³-hybridized carbons (Fsp3) is 0.143. The van der Waals surface area contributed by atoms with Gasteiger partial charge in [-0.05, 0) is 24.3 Å². The van der Waals surface area contributed by atoms with Crippen LogP contribution in [0.1, 0.15) is 4.88 Å². The van der Waals surface area contributed by atoms with Gasteiger partial charge in [0.2, 0.25) is 5.91 Å². The maximum Gasteiger partial charge on any atom is 0.230 e. The van der Waals surface area contributed by atoms with Crippen molar-refractivity contribution in [3.63, 3.8) is 0 Å². The highest BCUT2D eigenvalue weighted by atomic mass is 35.5. The Morgan fingerprint density at radius 2 is 2.29 bits per heavy atom. The van der Waals surface area contributed by atoms with E-state index in [1.807, 2.05) is 40.9 Å². The number of fused-ring (bicyclic) bond motifs is 1. The number of rotatable bonds is 5. The summed E-state index contributed by atoms with van der Waals surface area (Å²) in [6.07, 6.45) is 3.74. The predicted molar refractivity (Wildman–Crippen MR) is 87.1 cm³/mol. The molecule has 0 radical (unpaired) electrons. The lowest BCUT2D eigenvalue weighted by atomic mass is 10.4. The normalized spacial score (nSPS) is 10.9. The third-order valence-electron chi connectivity index (χ3n) is 2.83. The third-order valence-corrected chi connectivity index (χ3v) is 5.02. The van der Waals surface area contributed by atoms with E-state index in [4.69, 9.17) is 11.6 Å². The lowest BCUT2D eigenvalue weighted by Gasteiger charge is -2.03. The summed E-state index contributed by atoms with van der Waals surface area (Å²) in [5, 5.41) is 3.70. The molecule has 0 bridgehead atoms. The first-order valence-corrected chi connectivity index (χ1v) is 8.46. The van der Waals surface area contributed by atoms with E-state index in [1.54, 1.807) is 6.20 Å². The minimum absolute atomic E-state index is 0.0165. The molecule has 1 N–H and O–H groups in total. The molecule has 0 aliphatic rings. The Hall–Kier alpha value is -1.50. The molecule has 4 nitrogen and oxygen atoms in total. The van der Waals surface area contributed by atoms with Crippen molar-refractivity contribution in [2.45, 2.75) is 11.7 Å². The van der Waals surface area contributed by atoms with Gasteiger partial charge in [0, 0.05) is 11.1 Å². The molecule has 3 aromatic heterocycles. The van der Waals surface area contributed by atoms with Gasteiger partial charge in [-0.25, -0.2) is 4.98 Å². The van der Waals surface area contributed by atoms with Crippen LogP contribution in [0.5, 0.6) is 0 Å². The fourth-order valence-electron chi connectivity index (χ4n) is 1.84. The zero-order valence-electron chi connectivity index (χ0n) is 11.0. The van der Waals surface area contributed by atoms with Crippen molar-refractivity contribution >= 4 is 46.1 Å². The molecule has 0 saturated carbocycles. The maximum atomic E-state index is 11.9. The number of hydrogen-bond donors (Lipinski definition) is 1. The van der Waals surface area contributed by atoms with Crippen molar-refractivity contribution in [2.75, 3.05) is 5.75 Å². The molecule has 0 aromatic carbocycles. The molecule has 0 saturated heterocycles. The Morgan fingerprint density at radius 1 is 1.38 bits per heavy atom. The van der Waals surface area contributed by atoms with Gasteiger partial charge in [-0.1, -0.05) is 29.4 Å². The lowest BCUT2D eigenvalue weighted by molar-refractivity contribution is -0.118. The second-order valence-electron chi connectivity index (χ2n) is 4.31. The molecule has 21 heavy (non-hydrogen) atoms. The summed E-state index contributed by atoms with van der Waals surface area (Å²) in [5.74, 6) is 0.324. The number of hydrogen-bond acceptors (Lipinski definition) is 4. The van der Waals surface area contributed by atoms with Crippen molar-refractivity contribution in [3.05, 3.63) is 51.9 Å². The Bertz CT molecular complexity index is 768. The minimum atomic E-state index is -0.0165. The molecular formula is C14H12ClN3OS2. The molecule has 0 fully saturated rings. The van der Waals surface area contributed by atoms with Crippen LogP contribution in [0.25, 0.3) is 5.52 Å². The molecule has 0 aliphatic heterocycles. The van der Waals surface area contributed by atoms with Crippen LogP contribution in [0.4, 0.5) is 0 Å². The first kappa shape index (κ1) is 14.4. The first-order chi connectivity index (χ1) is 10.2. The highest BCUT2D eigenvalue weighted by Gasteiger charge is 2.08.